The highest BCUT2D eigenvalue weighted by atomic mass is 16.5. The lowest BCUT2D eigenvalue weighted by atomic mass is 9.76. The predicted octanol–water partition coefficient (Wildman–Crippen LogP) is 2.19. The first-order chi connectivity index (χ1) is 6.46. The minimum absolute atomic E-state index is 0.00935. The van der Waals surface area contributed by atoms with Crippen molar-refractivity contribution in [3.05, 3.63) is 12.2 Å². The zero-order chi connectivity index (χ0) is 10.5. The Morgan fingerprint density at radius 3 is 2.71 bits per heavy atom. The van der Waals surface area contributed by atoms with Crippen LogP contribution in [0.5, 0.6) is 0 Å². The number of ketones is 1. The van der Waals surface area contributed by atoms with E-state index in [1.54, 1.807) is 0 Å². The van der Waals surface area contributed by atoms with Crippen LogP contribution in [0.4, 0.5) is 0 Å². The second kappa shape index (κ2) is 2.93. The molecule has 0 amide bonds. The Kier molecular flexibility index (Phi) is 2.07. The van der Waals surface area contributed by atoms with Crippen LogP contribution in [0, 0.1) is 17.8 Å². The topological polar surface area (TPSA) is 26.3 Å². The molecule has 14 heavy (non-hydrogen) atoms. The lowest BCUT2D eigenvalue weighted by molar-refractivity contribution is -0.160. The van der Waals surface area contributed by atoms with Crippen LogP contribution >= 0.6 is 0 Å². The third kappa shape index (κ3) is 1.17. The molecule has 2 heterocycles. The van der Waals surface area contributed by atoms with Crippen molar-refractivity contribution in [2.45, 2.75) is 39.4 Å². The molecule has 0 aromatic rings. The Morgan fingerprint density at radius 2 is 2.14 bits per heavy atom. The van der Waals surface area contributed by atoms with Gasteiger partial charge in [-0.05, 0) is 12.8 Å². The summed E-state index contributed by atoms with van der Waals surface area (Å²) in [7, 11) is 0. The third-order valence-electron chi connectivity index (χ3n) is 3.69. The maximum absolute atomic E-state index is 12.1. The third-order valence-corrected chi connectivity index (χ3v) is 3.69. The van der Waals surface area contributed by atoms with Crippen LogP contribution in [0.3, 0.4) is 0 Å². The van der Waals surface area contributed by atoms with E-state index in [-0.39, 0.29) is 23.5 Å². The van der Waals surface area contributed by atoms with Gasteiger partial charge in [-0.3, -0.25) is 4.79 Å². The second-order valence-electron chi connectivity index (χ2n) is 5.02. The Hall–Kier alpha value is -0.630. The summed E-state index contributed by atoms with van der Waals surface area (Å²) in [6.07, 6.45) is 4.14. The lowest BCUT2D eigenvalue weighted by Gasteiger charge is -2.40. The van der Waals surface area contributed by atoms with Crippen molar-refractivity contribution < 1.29 is 9.53 Å². The average molecular weight is 194 g/mol. The SMILES string of the molecule is CC(C)[C@@H]1C(=O)[C@H](C)[C@]2(C)C=C[C@H]1O2. The minimum Gasteiger partial charge on any atom is -0.362 e. The summed E-state index contributed by atoms with van der Waals surface area (Å²) < 4.78 is 5.91. The lowest BCUT2D eigenvalue weighted by Crippen LogP contribution is -2.50. The molecule has 0 N–H and O–H groups in total. The van der Waals surface area contributed by atoms with Gasteiger partial charge in [0.05, 0.1) is 17.6 Å². The van der Waals surface area contributed by atoms with Gasteiger partial charge in [0.2, 0.25) is 0 Å². The van der Waals surface area contributed by atoms with Crippen LogP contribution in [0.25, 0.3) is 0 Å². The molecule has 78 valence electrons. The highest BCUT2D eigenvalue weighted by molar-refractivity contribution is 5.87. The second-order valence-corrected chi connectivity index (χ2v) is 5.02. The van der Waals surface area contributed by atoms with Crippen LogP contribution in [0.1, 0.15) is 27.7 Å². The van der Waals surface area contributed by atoms with Crippen molar-refractivity contribution in [1.29, 1.82) is 0 Å². The van der Waals surface area contributed by atoms with Crippen molar-refractivity contribution in [1.82, 2.24) is 0 Å². The number of hydrogen-bond acceptors (Lipinski definition) is 2. The molecule has 2 heteroatoms. The molecule has 2 aliphatic heterocycles. The van der Waals surface area contributed by atoms with Crippen LogP contribution in [-0.2, 0) is 9.53 Å². The van der Waals surface area contributed by atoms with E-state index in [2.05, 4.69) is 26.0 Å². The Balaban J connectivity index is 2.34. The van der Waals surface area contributed by atoms with E-state index in [0.29, 0.717) is 11.7 Å². The fourth-order valence-corrected chi connectivity index (χ4v) is 2.54. The monoisotopic (exact) mass is 194 g/mol. The van der Waals surface area contributed by atoms with Gasteiger partial charge in [0.1, 0.15) is 5.78 Å². The van der Waals surface area contributed by atoms with Crippen LogP contribution in [-0.4, -0.2) is 17.5 Å². The molecule has 1 saturated heterocycles. The van der Waals surface area contributed by atoms with Crippen molar-refractivity contribution in [2.24, 2.45) is 17.8 Å². The maximum Gasteiger partial charge on any atom is 0.145 e. The summed E-state index contributed by atoms with van der Waals surface area (Å²) in [6, 6.07) is 0. The number of carbonyl (C=O) groups is 1. The summed E-state index contributed by atoms with van der Waals surface area (Å²) in [5.41, 5.74) is -0.340. The van der Waals surface area contributed by atoms with E-state index in [4.69, 9.17) is 4.74 Å². The molecule has 2 rings (SSSR count). The largest absolute Gasteiger partial charge is 0.362 e. The normalized spacial score (nSPS) is 46.4. The molecule has 0 radical (unpaired) electrons. The zero-order valence-corrected chi connectivity index (χ0v) is 9.28. The summed E-state index contributed by atoms with van der Waals surface area (Å²) in [4.78, 5) is 12.1. The Labute approximate surface area is 85.3 Å². The van der Waals surface area contributed by atoms with E-state index in [9.17, 15) is 4.79 Å². The first kappa shape index (κ1) is 9.91. The highest BCUT2D eigenvalue weighted by Crippen LogP contribution is 2.43. The van der Waals surface area contributed by atoms with E-state index in [0.717, 1.165) is 0 Å². The van der Waals surface area contributed by atoms with Gasteiger partial charge in [0, 0.05) is 5.92 Å². The number of fused-ring (bicyclic) bond motifs is 2. The number of rotatable bonds is 1. The number of hydrogen-bond donors (Lipinski definition) is 0. The molecule has 0 spiro atoms. The van der Waals surface area contributed by atoms with Gasteiger partial charge in [0.15, 0.2) is 0 Å². The smallest absolute Gasteiger partial charge is 0.145 e. The fourth-order valence-electron chi connectivity index (χ4n) is 2.54. The number of Topliss-reactive ketones (excluding diaryl/α,β-unsaturated/α-hetero) is 1. The molecule has 2 aliphatic rings. The van der Waals surface area contributed by atoms with Gasteiger partial charge in [0.25, 0.3) is 0 Å². The fraction of sp³-hybridized carbons (Fsp3) is 0.750. The van der Waals surface area contributed by atoms with Crippen molar-refractivity contribution in [3.63, 3.8) is 0 Å². The van der Waals surface area contributed by atoms with Gasteiger partial charge in [-0.1, -0.05) is 32.9 Å². The van der Waals surface area contributed by atoms with Gasteiger partial charge < -0.3 is 4.74 Å². The van der Waals surface area contributed by atoms with E-state index >= 15 is 0 Å². The summed E-state index contributed by atoms with van der Waals surface area (Å²) in [6.45, 7) is 8.16. The highest BCUT2D eigenvalue weighted by Gasteiger charge is 2.51. The van der Waals surface area contributed by atoms with Gasteiger partial charge in [-0.15, -0.1) is 0 Å². The standard InChI is InChI=1S/C12H18O2/c1-7(2)10-9-5-6-12(4,14-9)8(3)11(10)13/h5-10H,1-4H3/t8-,9+,10-,12-/m0/s1. The van der Waals surface area contributed by atoms with E-state index in [1.165, 1.54) is 0 Å². The minimum atomic E-state index is -0.340. The summed E-state index contributed by atoms with van der Waals surface area (Å²) in [5.74, 6) is 0.771. The van der Waals surface area contributed by atoms with Crippen LogP contribution in [0.15, 0.2) is 12.2 Å². The zero-order valence-electron chi connectivity index (χ0n) is 9.28. The molecule has 0 unspecified atom stereocenters. The Bertz CT molecular complexity index is 293. The molecule has 2 nitrogen and oxygen atoms in total. The molecule has 1 fully saturated rings. The molecule has 0 aliphatic carbocycles. The number of ether oxygens (including phenoxy) is 1. The Morgan fingerprint density at radius 1 is 1.50 bits per heavy atom. The molecule has 0 aromatic heterocycles. The maximum atomic E-state index is 12.1. The molecule has 4 atom stereocenters. The molecule has 2 bridgehead atoms. The number of carbonyl (C=O) groups excluding carboxylic acids is 1. The van der Waals surface area contributed by atoms with Crippen LogP contribution in [0.2, 0.25) is 0 Å². The van der Waals surface area contributed by atoms with E-state index < -0.39 is 0 Å². The van der Waals surface area contributed by atoms with Gasteiger partial charge in [-0.25, -0.2) is 0 Å². The molecule has 0 saturated carbocycles. The van der Waals surface area contributed by atoms with Crippen molar-refractivity contribution in [3.8, 4) is 0 Å². The van der Waals surface area contributed by atoms with Crippen molar-refractivity contribution >= 4 is 5.78 Å². The first-order valence-corrected chi connectivity index (χ1v) is 5.36. The predicted molar refractivity (Wildman–Crippen MR) is 54.9 cm³/mol. The van der Waals surface area contributed by atoms with E-state index in [1.807, 2.05) is 13.8 Å². The summed E-state index contributed by atoms with van der Waals surface area (Å²) >= 11 is 0. The van der Waals surface area contributed by atoms with Crippen molar-refractivity contribution in [2.75, 3.05) is 0 Å². The van der Waals surface area contributed by atoms with Gasteiger partial charge >= 0.3 is 0 Å². The van der Waals surface area contributed by atoms with Crippen LogP contribution < -0.4 is 0 Å². The van der Waals surface area contributed by atoms with Gasteiger partial charge in [-0.2, -0.15) is 0 Å². The quantitative estimate of drug-likeness (QED) is 0.598. The first-order valence-electron chi connectivity index (χ1n) is 5.36. The molecule has 0 aromatic carbocycles. The summed E-state index contributed by atoms with van der Waals surface area (Å²) in [5, 5.41) is 0. The molecular weight excluding hydrogens is 176 g/mol. The average Bonchev–Trinajstić information content (AvgIpc) is 2.43. The molecular formula is C12H18O2.